The van der Waals surface area contributed by atoms with Crippen LogP contribution in [0.3, 0.4) is 0 Å². The zero-order valence-electron chi connectivity index (χ0n) is 17.0. The molecule has 2 aromatic rings. The average molecular weight is 380 g/mol. The van der Waals surface area contributed by atoms with Crippen LogP contribution < -0.4 is 14.8 Å². The molecule has 2 aliphatic rings. The van der Waals surface area contributed by atoms with E-state index in [0.29, 0.717) is 0 Å². The number of carbonyl (C=O) groups is 1. The molecule has 1 heterocycles. The fraction of sp³-hybridized carbons (Fsp3) is 0.458. The minimum Gasteiger partial charge on any atom is -0.487 e. The second-order valence-electron chi connectivity index (χ2n) is 8.65. The Bertz CT molecular complexity index is 887. The molecule has 1 atom stereocenters. The lowest BCUT2D eigenvalue weighted by Gasteiger charge is -2.38. The van der Waals surface area contributed by atoms with Gasteiger partial charge >= 0.3 is 0 Å². The number of benzene rings is 2. The minimum absolute atomic E-state index is 0.0256. The van der Waals surface area contributed by atoms with E-state index in [1.807, 2.05) is 19.1 Å². The molecule has 0 saturated heterocycles. The van der Waals surface area contributed by atoms with Crippen LogP contribution in [0, 0.1) is 6.92 Å². The van der Waals surface area contributed by atoms with Gasteiger partial charge in [0.15, 0.2) is 6.61 Å². The molecule has 0 radical (unpaired) electrons. The van der Waals surface area contributed by atoms with Gasteiger partial charge in [-0.25, -0.2) is 0 Å². The lowest BCUT2D eigenvalue weighted by Crippen LogP contribution is -2.42. The number of hydrogen-bond acceptors (Lipinski definition) is 3. The third kappa shape index (κ3) is 4.16. The SMILES string of the molecule is Cc1ccc2c(c1)OC(C)(C)C[C@H]2NC(=O)COc1ccc2c(c1)CCCC2. The highest BCUT2D eigenvalue weighted by Crippen LogP contribution is 2.39. The predicted molar refractivity (Wildman–Crippen MR) is 110 cm³/mol. The second kappa shape index (κ2) is 7.50. The predicted octanol–water partition coefficient (Wildman–Crippen LogP) is 4.67. The van der Waals surface area contributed by atoms with Crippen LogP contribution in [-0.2, 0) is 17.6 Å². The van der Waals surface area contributed by atoms with Crippen molar-refractivity contribution in [3.05, 3.63) is 58.7 Å². The molecule has 4 rings (SSSR count). The first kappa shape index (κ1) is 18.9. The monoisotopic (exact) mass is 379 g/mol. The summed E-state index contributed by atoms with van der Waals surface area (Å²) >= 11 is 0. The molecule has 148 valence electrons. The van der Waals surface area contributed by atoms with Crippen LogP contribution in [0.2, 0.25) is 0 Å². The third-order valence-electron chi connectivity index (χ3n) is 5.65. The molecule has 0 unspecified atom stereocenters. The van der Waals surface area contributed by atoms with Gasteiger partial charge in [0.25, 0.3) is 5.91 Å². The first-order valence-corrected chi connectivity index (χ1v) is 10.2. The number of amides is 1. The second-order valence-corrected chi connectivity index (χ2v) is 8.65. The Morgan fingerprint density at radius 2 is 1.93 bits per heavy atom. The van der Waals surface area contributed by atoms with E-state index in [-0.39, 0.29) is 24.2 Å². The van der Waals surface area contributed by atoms with E-state index < -0.39 is 0 Å². The van der Waals surface area contributed by atoms with Crippen LogP contribution in [0.15, 0.2) is 36.4 Å². The highest BCUT2D eigenvalue weighted by molar-refractivity contribution is 5.78. The first-order chi connectivity index (χ1) is 13.4. The van der Waals surface area contributed by atoms with Crippen LogP contribution in [0.4, 0.5) is 0 Å². The molecule has 0 aromatic heterocycles. The number of hydrogen-bond donors (Lipinski definition) is 1. The summed E-state index contributed by atoms with van der Waals surface area (Å²) in [4.78, 5) is 12.6. The van der Waals surface area contributed by atoms with Crippen molar-refractivity contribution in [2.24, 2.45) is 0 Å². The van der Waals surface area contributed by atoms with Crippen LogP contribution in [0.25, 0.3) is 0 Å². The summed E-state index contributed by atoms with van der Waals surface area (Å²) in [5, 5.41) is 3.14. The average Bonchev–Trinajstić information content (AvgIpc) is 2.65. The molecule has 1 aliphatic carbocycles. The fourth-order valence-electron chi connectivity index (χ4n) is 4.27. The summed E-state index contributed by atoms with van der Waals surface area (Å²) in [6, 6.07) is 12.3. The number of aryl methyl sites for hydroxylation is 3. The van der Waals surface area contributed by atoms with E-state index in [1.54, 1.807) is 0 Å². The molecule has 1 amide bonds. The zero-order valence-corrected chi connectivity index (χ0v) is 17.0. The van der Waals surface area contributed by atoms with Crippen molar-refractivity contribution in [1.29, 1.82) is 0 Å². The van der Waals surface area contributed by atoms with E-state index in [9.17, 15) is 4.79 Å². The van der Waals surface area contributed by atoms with Crippen molar-refractivity contribution in [3.8, 4) is 11.5 Å². The Balaban J connectivity index is 1.41. The van der Waals surface area contributed by atoms with Crippen molar-refractivity contribution in [2.45, 2.75) is 64.5 Å². The van der Waals surface area contributed by atoms with Crippen LogP contribution in [0.1, 0.15) is 61.4 Å². The van der Waals surface area contributed by atoms with Crippen molar-refractivity contribution in [1.82, 2.24) is 5.32 Å². The quantitative estimate of drug-likeness (QED) is 0.840. The lowest BCUT2D eigenvalue weighted by molar-refractivity contribution is -0.124. The normalized spacial score (nSPS) is 19.8. The highest BCUT2D eigenvalue weighted by Gasteiger charge is 2.34. The molecule has 1 aliphatic heterocycles. The maximum Gasteiger partial charge on any atom is 0.258 e. The Morgan fingerprint density at radius 1 is 1.14 bits per heavy atom. The Kier molecular flexibility index (Phi) is 5.05. The fourth-order valence-corrected chi connectivity index (χ4v) is 4.27. The molecular weight excluding hydrogens is 350 g/mol. The van der Waals surface area contributed by atoms with Crippen LogP contribution in [0.5, 0.6) is 11.5 Å². The Hall–Kier alpha value is -2.49. The number of nitrogens with one attached hydrogen (secondary N) is 1. The lowest BCUT2D eigenvalue weighted by atomic mass is 9.89. The smallest absolute Gasteiger partial charge is 0.258 e. The summed E-state index contributed by atoms with van der Waals surface area (Å²) in [7, 11) is 0. The molecule has 0 saturated carbocycles. The number of carbonyl (C=O) groups excluding carboxylic acids is 1. The summed E-state index contributed by atoms with van der Waals surface area (Å²) in [5.41, 5.74) is 4.64. The zero-order chi connectivity index (χ0) is 19.7. The minimum atomic E-state index is -0.321. The maximum absolute atomic E-state index is 12.6. The van der Waals surface area contributed by atoms with Crippen molar-refractivity contribution in [3.63, 3.8) is 0 Å². The highest BCUT2D eigenvalue weighted by atomic mass is 16.5. The summed E-state index contributed by atoms with van der Waals surface area (Å²) in [6.45, 7) is 6.19. The Labute approximate surface area is 167 Å². The van der Waals surface area contributed by atoms with E-state index in [2.05, 4.69) is 43.4 Å². The van der Waals surface area contributed by atoms with E-state index >= 15 is 0 Å². The molecule has 0 bridgehead atoms. The summed E-state index contributed by atoms with van der Waals surface area (Å²) in [5.74, 6) is 1.53. The summed E-state index contributed by atoms with van der Waals surface area (Å²) in [6.07, 6.45) is 5.47. The molecule has 4 heteroatoms. The van der Waals surface area contributed by atoms with Gasteiger partial charge in [0.05, 0.1) is 6.04 Å². The molecule has 4 nitrogen and oxygen atoms in total. The van der Waals surface area contributed by atoms with Gasteiger partial charge in [-0.05, 0) is 81.3 Å². The Morgan fingerprint density at radius 3 is 2.75 bits per heavy atom. The van der Waals surface area contributed by atoms with E-state index in [0.717, 1.165) is 41.9 Å². The van der Waals surface area contributed by atoms with E-state index in [1.165, 1.54) is 24.0 Å². The van der Waals surface area contributed by atoms with Crippen molar-refractivity contribution >= 4 is 5.91 Å². The number of rotatable bonds is 4. The van der Waals surface area contributed by atoms with Gasteiger partial charge in [-0.2, -0.15) is 0 Å². The molecule has 0 fully saturated rings. The largest absolute Gasteiger partial charge is 0.487 e. The van der Waals surface area contributed by atoms with Crippen molar-refractivity contribution < 1.29 is 14.3 Å². The first-order valence-electron chi connectivity index (χ1n) is 10.2. The summed E-state index contributed by atoms with van der Waals surface area (Å²) < 4.78 is 11.9. The number of ether oxygens (including phenoxy) is 2. The van der Waals surface area contributed by atoms with Gasteiger partial charge in [0.2, 0.25) is 0 Å². The van der Waals surface area contributed by atoms with Gasteiger partial charge < -0.3 is 14.8 Å². The number of fused-ring (bicyclic) bond motifs is 2. The van der Waals surface area contributed by atoms with Crippen LogP contribution >= 0.6 is 0 Å². The molecule has 0 spiro atoms. The maximum atomic E-state index is 12.6. The molecule has 1 N–H and O–H groups in total. The van der Waals surface area contributed by atoms with Crippen molar-refractivity contribution in [2.75, 3.05) is 6.61 Å². The molecular formula is C24H29NO3. The van der Waals surface area contributed by atoms with Gasteiger partial charge in [-0.3, -0.25) is 4.79 Å². The van der Waals surface area contributed by atoms with Gasteiger partial charge in [-0.15, -0.1) is 0 Å². The molecule has 28 heavy (non-hydrogen) atoms. The van der Waals surface area contributed by atoms with Gasteiger partial charge in [-0.1, -0.05) is 18.2 Å². The van der Waals surface area contributed by atoms with Gasteiger partial charge in [0, 0.05) is 12.0 Å². The third-order valence-corrected chi connectivity index (χ3v) is 5.65. The molecule has 2 aromatic carbocycles. The van der Waals surface area contributed by atoms with E-state index in [4.69, 9.17) is 9.47 Å². The topological polar surface area (TPSA) is 47.6 Å². The van der Waals surface area contributed by atoms with Gasteiger partial charge in [0.1, 0.15) is 17.1 Å². The standard InChI is InChI=1S/C24H29NO3/c1-16-8-11-20-21(14-24(2,3)28-22(20)12-16)25-23(26)15-27-19-10-9-17-6-4-5-7-18(17)13-19/h8-13,21H,4-7,14-15H2,1-3H3,(H,25,26)/t21-/m1/s1. The van der Waals surface area contributed by atoms with Crippen LogP contribution in [-0.4, -0.2) is 18.1 Å².